The van der Waals surface area contributed by atoms with Gasteiger partial charge in [-0.05, 0) is 73.2 Å². The van der Waals surface area contributed by atoms with Crippen LogP contribution in [-0.2, 0) is 11.2 Å². The average Bonchev–Trinajstić information content (AvgIpc) is 3.39. The fourth-order valence-corrected chi connectivity index (χ4v) is 5.32. The molecule has 6 nitrogen and oxygen atoms in total. The number of carbonyl (C=O) groups is 2. The molecule has 1 aromatic heterocycles. The van der Waals surface area contributed by atoms with Crippen LogP contribution in [0.1, 0.15) is 47.1 Å². The predicted molar refractivity (Wildman–Crippen MR) is 138 cm³/mol. The highest BCUT2D eigenvalue weighted by Crippen LogP contribution is 2.34. The Bertz CT molecular complexity index is 1200. The number of hydrogen-bond acceptors (Lipinski definition) is 5. The Labute approximate surface area is 215 Å². The third-order valence-electron chi connectivity index (χ3n) is 6.67. The molecule has 1 aliphatic heterocycles. The average molecular weight is 511 g/mol. The Kier molecular flexibility index (Phi) is 8.25. The molecule has 0 fully saturated rings. The van der Waals surface area contributed by atoms with Gasteiger partial charge in [0, 0.05) is 23.0 Å². The maximum atomic E-state index is 14.2. The first-order valence-electron chi connectivity index (χ1n) is 12.1. The third-order valence-corrected chi connectivity index (χ3v) is 7.67. The molecule has 2 atom stereocenters. The lowest BCUT2D eigenvalue weighted by Crippen LogP contribution is -2.49. The first kappa shape index (κ1) is 25.7. The molecule has 8 heteroatoms. The fourth-order valence-electron chi connectivity index (χ4n) is 4.39. The van der Waals surface area contributed by atoms with Gasteiger partial charge < -0.3 is 19.3 Å². The van der Waals surface area contributed by atoms with Gasteiger partial charge in [-0.3, -0.25) is 9.59 Å². The standard InChI is InChI=1S/C28H31FN2O4S/c1-4-19(2)31(28(33)20-9-11-21(34-3)12-10-20)17-27(32)30-15-13-26-22(14-16-36-26)24(30)18-35-25-8-6-5-7-23(25)29/h5-12,14,16,19,24H,4,13,15,17-18H2,1-3H3/t19-,24-/m0/s1. The summed E-state index contributed by atoms with van der Waals surface area (Å²) in [6.07, 6.45) is 1.45. The van der Waals surface area contributed by atoms with Crippen LogP contribution in [0.15, 0.2) is 60.0 Å². The molecule has 190 valence electrons. The number of methoxy groups -OCH3 is 1. The van der Waals surface area contributed by atoms with E-state index in [1.165, 1.54) is 10.9 Å². The summed E-state index contributed by atoms with van der Waals surface area (Å²) in [6.45, 7) is 4.54. The lowest BCUT2D eigenvalue weighted by atomic mass is 10.00. The number of fused-ring (bicyclic) bond motifs is 1. The number of halogens is 1. The number of rotatable bonds is 9. The normalized spacial score (nSPS) is 15.7. The molecule has 0 N–H and O–H groups in total. The van der Waals surface area contributed by atoms with E-state index in [-0.39, 0.29) is 42.8 Å². The van der Waals surface area contributed by atoms with Crippen molar-refractivity contribution in [3.05, 3.63) is 81.8 Å². The molecule has 0 spiro atoms. The molecule has 2 heterocycles. The van der Waals surface area contributed by atoms with E-state index in [2.05, 4.69) is 0 Å². The van der Waals surface area contributed by atoms with E-state index in [4.69, 9.17) is 9.47 Å². The third kappa shape index (κ3) is 5.54. The maximum absolute atomic E-state index is 14.2. The number of para-hydroxylation sites is 1. The van der Waals surface area contributed by atoms with Gasteiger partial charge >= 0.3 is 0 Å². The van der Waals surface area contributed by atoms with E-state index in [9.17, 15) is 14.0 Å². The molecule has 0 aliphatic carbocycles. The highest BCUT2D eigenvalue weighted by molar-refractivity contribution is 7.10. The summed E-state index contributed by atoms with van der Waals surface area (Å²) < 4.78 is 25.2. The smallest absolute Gasteiger partial charge is 0.254 e. The van der Waals surface area contributed by atoms with Crippen LogP contribution in [-0.4, -0.2) is 54.5 Å². The second-order valence-corrected chi connectivity index (χ2v) is 9.81. The second-order valence-electron chi connectivity index (χ2n) is 8.81. The number of hydrogen-bond donors (Lipinski definition) is 0. The van der Waals surface area contributed by atoms with Crippen LogP contribution in [0.4, 0.5) is 4.39 Å². The minimum Gasteiger partial charge on any atom is -0.497 e. The lowest BCUT2D eigenvalue weighted by molar-refractivity contribution is -0.136. The Morgan fingerprint density at radius 1 is 1.17 bits per heavy atom. The van der Waals surface area contributed by atoms with Crippen LogP contribution in [0.25, 0.3) is 0 Å². The molecule has 0 unspecified atom stereocenters. The van der Waals surface area contributed by atoms with Crippen molar-refractivity contribution in [2.75, 3.05) is 26.8 Å². The number of amides is 2. The van der Waals surface area contributed by atoms with Crippen LogP contribution in [0, 0.1) is 5.82 Å². The van der Waals surface area contributed by atoms with Crippen LogP contribution in [0.3, 0.4) is 0 Å². The summed E-state index contributed by atoms with van der Waals surface area (Å²) in [5, 5.41) is 2.01. The van der Waals surface area contributed by atoms with E-state index in [0.29, 0.717) is 24.3 Å². The topological polar surface area (TPSA) is 59.1 Å². The summed E-state index contributed by atoms with van der Waals surface area (Å²) in [4.78, 5) is 31.7. The summed E-state index contributed by atoms with van der Waals surface area (Å²) >= 11 is 1.65. The molecule has 3 aromatic rings. The van der Waals surface area contributed by atoms with Gasteiger partial charge in [-0.2, -0.15) is 0 Å². The zero-order chi connectivity index (χ0) is 25.7. The summed E-state index contributed by atoms with van der Waals surface area (Å²) in [5.74, 6) is 0.0205. The maximum Gasteiger partial charge on any atom is 0.254 e. The Balaban J connectivity index is 1.55. The zero-order valence-corrected chi connectivity index (χ0v) is 21.6. The van der Waals surface area contributed by atoms with Crippen molar-refractivity contribution < 1.29 is 23.5 Å². The highest BCUT2D eigenvalue weighted by atomic mass is 32.1. The van der Waals surface area contributed by atoms with Gasteiger partial charge in [-0.25, -0.2) is 4.39 Å². The summed E-state index contributed by atoms with van der Waals surface area (Å²) in [5.41, 5.74) is 1.52. The number of nitrogens with zero attached hydrogens (tertiary/aromatic N) is 2. The molecule has 1 aliphatic rings. The lowest BCUT2D eigenvalue weighted by Gasteiger charge is -2.38. The van der Waals surface area contributed by atoms with Gasteiger partial charge in [-0.1, -0.05) is 19.1 Å². The largest absolute Gasteiger partial charge is 0.497 e. The molecule has 2 aromatic carbocycles. The first-order chi connectivity index (χ1) is 17.4. The molecule has 0 saturated heterocycles. The molecule has 2 amide bonds. The molecule has 36 heavy (non-hydrogen) atoms. The monoisotopic (exact) mass is 510 g/mol. The SMILES string of the molecule is CC[C@H](C)N(CC(=O)N1CCc2sccc2[C@@H]1COc1ccccc1F)C(=O)c1ccc(OC)cc1. The molecular weight excluding hydrogens is 479 g/mol. The fraction of sp³-hybridized carbons (Fsp3) is 0.357. The zero-order valence-electron chi connectivity index (χ0n) is 20.8. The van der Waals surface area contributed by atoms with Crippen molar-refractivity contribution in [1.82, 2.24) is 9.80 Å². The van der Waals surface area contributed by atoms with Crippen molar-refractivity contribution in [1.29, 1.82) is 0 Å². The van der Waals surface area contributed by atoms with E-state index in [0.717, 1.165) is 12.0 Å². The quantitative estimate of drug-likeness (QED) is 0.390. The van der Waals surface area contributed by atoms with Crippen molar-refractivity contribution in [2.24, 2.45) is 0 Å². The number of benzene rings is 2. The Morgan fingerprint density at radius 3 is 2.61 bits per heavy atom. The van der Waals surface area contributed by atoms with Crippen molar-refractivity contribution in [3.63, 3.8) is 0 Å². The van der Waals surface area contributed by atoms with Crippen molar-refractivity contribution in [3.8, 4) is 11.5 Å². The minimum absolute atomic E-state index is 0.0461. The predicted octanol–water partition coefficient (Wildman–Crippen LogP) is 5.34. The summed E-state index contributed by atoms with van der Waals surface area (Å²) in [7, 11) is 1.57. The van der Waals surface area contributed by atoms with Crippen molar-refractivity contribution in [2.45, 2.75) is 38.8 Å². The van der Waals surface area contributed by atoms with E-state index in [1.54, 1.807) is 70.7 Å². The number of carbonyl (C=O) groups excluding carboxylic acids is 2. The van der Waals surface area contributed by atoms with Gasteiger partial charge in [0.05, 0.1) is 13.2 Å². The first-order valence-corrected chi connectivity index (χ1v) is 13.0. The Morgan fingerprint density at radius 2 is 1.92 bits per heavy atom. The molecular formula is C28H31FN2O4S. The van der Waals surface area contributed by atoms with Gasteiger partial charge in [0.15, 0.2) is 11.6 Å². The minimum atomic E-state index is -0.440. The number of ether oxygens (including phenoxy) is 2. The van der Waals surface area contributed by atoms with E-state index in [1.807, 2.05) is 25.3 Å². The molecule has 4 rings (SSSR count). The van der Waals surface area contributed by atoms with Crippen LogP contribution in [0.2, 0.25) is 0 Å². The summed E-state index contributed by atoms with van der Waals surface area (Å²) in [6, 6.07) is 14.7. The van der Waals surface area contributed by atoms with Crippen molar-refractivity contribution >= 4 is 23.2 Å². The van der Waals surface area contributed by atoms with E-state index >= 15 is 0 Å². The van der Waals surface area contributed by atoms with Gasteiger partial charge in [0.1, 0.15) is 18.9 Å². The van der Waals surface area contributed by atoms with Gasteiger partial charge in [-0.15, -0.1) is 11.3 Å². The molecule has 0 saturated carbocycles. The van der Waals surface area contributed by atoms with Crippen LogP contribution < -0.4 is 9.47 Å². The highest BCUT2D eigenvalue weighted by Gasteiger charge is 2.34. The number of thiophene rings is 1. The second kappa shape index (κ2) is 11.6. The van der Waals surface area contributed by atoms with E-state index < -0.39 is 5.82 Å². The van der Waals surface area contributed by atoms with Crippen LogP contribution >= 0.6 is 11.3 Å². The van der Waals surface area contributed by atoms with Crippen LogP contribution in [0.5, 0.6) is 11.5 Å². The molecule has 0 radical (unpaired) electrons. The van der Waals surface area contributed by atoms with Gasteiger partial charge in [0.2, 0.25) is 5.91 Å². The van der Waals surface area contributed by atoms with Gasteiger partial charge in [0.25, 0.3) is 5.91 Å². The Hall–Kier alpha value is -3.39. The molecule has 0 bridgehead atoms.